The van der Waals surface area contributed by atoms with Crippen LogP contribution in [0.25, 0.3) is 0 Å². The highest BCUT2D eigenvalue weighted by Crippen LogP contribution is 2.15. The number of rotatable bonds is 48. The fourth-order valence-electron chi connectivity index (χ4n) is 7.80. The van der Waals surface area contributed by atoms with E-state index in [1.165, 1.54) is 180 Å². The lowest BCUT2D eigenvalue weighted by Gasteiger charge is -2.20. The Bertz CT molecular complexity index is 977. The van der Waals surface area contributed by atoms with Crippen molar-refractivity contribution in [1.29, 1.82) is 0 Å². The zero-order valence-electron chi connectivity index (χ0n) is 39.9. The number of esters is 1. The quantitative estimate of drug-likeness (QED) is 0.0322. The Morgan fingerprint density at radius 3 is 1.22 bits per heavy atom. The smallest absolute Gasteiger partial charge is 0.305 e. The van der Waals surface area contributed by atoms with E-state index in [4.69, 9.17) is 4.74 Å². The van der Waals surface area contributed by atoms with Crippen molar-refractivity contribution in [2.45, 2.75) is 283 Å². The molecule has 6 heteroatoms. The van der Waals surface area contributed by atoms with Gasteiger partial charge in [0.05, 0.1) is 25.4 Å². The second-order valence-corrected chi connectivity index (χ2v) is 17.8. The minimum absolute atomic E-state index is 0.00868. The molecule has 352 valence electrons. The van der Waals surface area contributed by atoms with Crippen molar-refractivity contribution in [1.82, 2.24) is 5.32 Å². The molecule has 0 aliphatic carbocycles. The third kappa shape index (κ3) is 45.6. The van der Waals surface area contributed by atoms with Crippen molar-refractivity contribution >= 4 is 11.9 Å². The van der Waals surface area contributed by atoms with E-state index >= 15 is 0 Å². The van der Waals surface area contributed by atoms with Crippen molar-refractivity contribution in [3.63, 3.8) is 0 Å². The molecule has 0 aliphatic rings. The standard InChI is InChI=1S/C54H101NO5/c1-3-5-7-9-11-13-15-23-26-30-34-38-42-46-52(57)51(50-56)55-53(58)47-43-39-35-31-27-24-21-19-17-18-20-22-25-29-33-37-41-45-49-60-54(59)48-44-40-36-32-28-16-14-12-10-8-6-4-2/h12,14,19,21,42,46,51-52,56-57H,3-11,13,15-18,20,22-41,43-45,47-50H2,1-2H3,(H,55,58)/b14-12-,21-19-,46-42+. The van der Waals surface area contributed by atoms with Crippen LogP contribution in [0.1, 0.15) is 271 Å². The molecule has 0 spiro atoms. The average molecular weight is 844 g/mol. The van der Waals surface area contributed by atoms with Crippen molar-refractivity contribution in [2.75, 3.05) is 13.2 Å². The molecule has 0 rings (SSSR count). The summed E-state index contributed by atoms with van der Waals surface area (Å²) in [7, 11) is 0. The van der Waals surface area contributed by atoms with Crippen molar-refractivity contribution in [3.05, 3.63) is 36.5 Å². The summed E-state index contributed by atoms with van der Waals surface area (Å²) in [4.78, 5) is 24.4. The predicted molar refractivity (Wildman–Crippen MR) is 259 cm³/mol. The maximum Gasteiger partial charge on any atom is 0.305 e. The van der Waals surface area contributed by atoms with E-state index in [0.717, 1.165) is 64.2 Å². The van der Waals surface area contributed by atoms with Crippen LogP contribution in [0.4, 0.5) is 0 Å². The Morgan fingerprint density at radius 2 is 0.783 bits per heavy atom. The first kappa shape index (κ1) is 58.1. The van der Waals surface area contributed by atoms with Crippen LogP contribution in [0.3, 0.4) is 0 Å². The van der Waals surface area contributed by atoms with Gasteiger partial charge in [-0.3, -0.25) is 9.59 Å². The van der Waals surface area contributed by atoms with Gasteiger partial charge in [0.2, 0.25) is 5.91 Å². The number of allylic oxidation sites excluding steroid dienone is 5. The Morgan fingerprint density at radius 1 is 0.450 bits per heavy atom. The molecule has 6 nitrogen and oxygen atoms in total. The van der Waals surface area contributed by atoms with Gasteiger partial charge in [-0.05, 0) is 83.5 Å². The van der Waals surface area contributed by atoms with Gasteiger partial charge in [-0.1, -0.05) is 211 Å². The molecule has 0 saturated heterocycles. The Balaban J connectivity index is 3.49. The summed E-state index contributed by atoms with van der Waals surface area (Å²) in [5.74, 6) is -0.0922. The Hall–Kier alpha value is -1.92. The van der Waals surface area contributed by atoms with Crippen LogP contribution in [0, 0.1) is 0 Å². The van der Waals surface area contributed by atoms with E-state index in [9.17, 15) is 19.8 Å². The number of carbonyl (C=O) groups is 2. The largest absolute Gasteiger partial charge is 0.466 e. The number of aliphatic hydroxyl groups excluding tert-OH is 2. The van der Waals surface area contributed by atoms with Crippen LogP contribution in [-0.2, 0) is 14.3 Å². The lowest BCUT2D eigenvalue weighted by Crippen LogP contribution is -2.45. The van der Waals surface area contributed by atoms with Gasteiger partial charge in [-0.15, -0.1) is 0 Å². The summed E-state index contributed by atoms with van der Waals surface area (Å²) in [5.41, 5.74) is 0. The highest BCUT2D eigenvalue weighted by Gasteiger charge is 2.18. The van der Waals surface area contributed by atoms with E-state index in [0.29, 0.717) is 19.4 Å². The molecular weight excluding hydrogens is 743 g/mol. The number of unbranched alkanes of at least 4 members (excludes halogenated alkanes) is 33. The molecular formula is C54H101NO5. The summed E-state index contributed by atoms with van der Waals surface area (Å²) in [5, 5.41) is 23.0. The van der Waals surface area contributed by atoms with E-state index in [1.807, 2.05) is 6.08 Å². The first-order chi connectivity index (χ1) is 29.5. The van der Waals surface area contributed by atoms with Gasteiger partial charge in [0.1, 0.15) is 0 Å². The lowest BCUT2D eigenvalue weighted by atomic mass is 10.0. The molecule has 2 unspecified atom stereocenters. The normalized spacial score (nSPS) is 12.9. The van der Waals surface area contributed by atoms with Gasteiger partial charge in [0.15, 0.2) is 0 Å². The topological polar surface area (TPSA) is 95.9 Å². The van der Waals surface area contributed by atoms with Crippen LogP contribution < -0.4 is 5.32 Å². The molecule has 0 aromatic carbocycles. The molecule has 0 aromatic rings. The maximum absolute atomic E-state index is 12.4. The zero-order valence-corrected chi connectivity index (χ0v) is 39.9. The summed E-state index contributed by atoms with van der Waals surface area (Å²) < 4.78 is 5.45. The van der Waals surface area contributed by atoms with Crippen molar-refractivity contribution in [2.24, 2.45) is 0 Å². The molecule has 0 fully saturated rings. The third-order valence-electron chi connectivity index (χ3n) is 11.9. The van der Waals surface area contributed by atoms with Crippen LogP contribution in [0.2, 0.25) is 0 Å². The van der Waals surface area contributed by atoms with Crippen molar-refractivity contribution in [3.8, 4) is 0 Å². The molecule has 0 aromatic heterocycles. The number of aliphatic hydroxyl groups is 2. The predicted octanol–water partition coefficient (Wildman–Crippen LogP) is 15.7. The van der Waals surface area contributed by atoms with Crippen LogP contribution in [0.15, 0.2) is 36.5 Å². The maximum atomic E-state index is 12.4. The number of nitrogens with one attached hydrogen (secondary N) is 1. The molecule has 0 heterocycles. The molecule has 0 radical (unpaired) electrons. The van der Waals surface area contributed by atoms with Crippen LogP contribution in [-0.4, -0.2) is 47.4 Å². The van der Waals surface area contributed by atoms with Crippen LogP contribution >= 0.6 is 0 Å². The van der Waals surface area contributed by atoms with Gasteiger partial charge in [0, 0.05) is 12.8 Å². The van der Waals surface area contributed by atoms with Gasteiger partial charge < -0.3 is 20.3 Å². The zero-order chi connectivity index (χ0) is 43.7. The minimum Gasteiger partial charge on any atom is -0.466 e. The number of ether oxygens (including phenoxy) is 1. The highest BCUT2D eigenvalue weighted by atomic mass is 16.5. The highest BCUT2D eigenvalue weighted by molar-refractivity contribution is 5.76. The molecule has 60 heavy (non-hydrogen) atoms. The van der Waals surface area contributed by atoms with E-state index in [2.05, 4.69) is 43.5 Å². The van der Waals surface area contributed by atoms with E-state index in [1.54, 1.807) is 6.08 Å². The molecule has 0 saturated carbocycles. The first-order valence-electron chi connectivity index (χ1n) is 26.3. The molecule has 1 amide bonds. The van der Waals surface area contributed by atoms with Gasteiger partial charge in [-0.25, -0.2) is 0 Å². The SMILES string of the molecule is CCCCC/C=C\CCCCCCCC(=O)OCCCCCCCCCCC/C=C\CCCCCCCC(=O)NC(CO)C(O)/C=C/CCCCCCCCCCCCC. The van der Waals surface area contributed by atoms with E-state index < -0.39 is 12.1 Å². The number of hydrogen-bond acceptors (Lipinski definition) is 5. The second kappa shape index (κ2) is 49.7. The fourth-order valence-corrected chi connectivity index (χ4v) is 7.80. The number of carbonyl (C=O) groups excluding carboxylic acids is 2. The monoisotopic (exact) mass is 844 g/mol. The number of amides is 1. The lowest BCUT2D eigenvalue weighted by molar-refractivity contribution is -0.143. The van der Waals surface area contributed by atoms with Crippen molar-refractivity contribution < 1.29 is 24.5 Å². The van der Waals surface area contributed by atoms with Crippen LogP contribution in [0.5, 0.6) is 0 Å². The summed E-state index contributed by atoms with van der Waals surface area (Å²) in [6.45, 7) is 4.85. The Kier molecular flexibility index (Phi) is 48.1. The summed E-state index contributed by atoms with van der Waals surface area (Å²) in [6, 6.07) is -0.637. The summed E-state index contributed by atoms with van der Waals surface area (Å²) in [6.07, 6.45) is 60.0. The van der Waals surface area contributed by atoms with Gasteiger partial charge >= 0.3 is 5.97 Å². The molecule has 0 aliphatic heterocycles. The number of hydrogen-bond donors (Lipinski definition) is 3. The molecule has 2 atom stereocenters. The second-order valence-electron chi connectivity index (χ2n) is 17.8. The fraction of sp³-hybridized carbons (Fsp3) is 0.852. The first-order valence-corrected chi connectivity index (χ1v) is 26.3. The molecule has 3 N–H and O–H groups in total. The van der Waals surface area contributed by atoms with Gasteiger partial charge in [0.25, 0.3) is 0 Å². The third-order valence-corrected chi connectivity index (χ3v) is 11.9. The van der Waals surface area contributed by atoms with E-state index in [-0.39, 0.29) is 18.5 Å². The minimum atomic E-state index is -0.852. The Labute approximate surface area is 373 Å². The summed E-state index contributed by atoms with van der Waals surface area (Å²) >= 11 is 0. The van der Waals surface area contributed by atoms with Gasteiger partial charge in [-0.2, -0.15) is 0 Å². The molecule has 0 bridgehead atoms. The average Bonchev–Trinajstić information content (AvgIpc) is 3.25.